The smallest absolute Gasteiger partial charge is 0.257 e. The van der Waals surface area contributed by atoms with E-state index in [0.29, 0.717) is 56.3 Å². The number of rotatable bonds is 3. The van der Waals surface area contributed by atoms with Gasteiger partial charge >= 0.3 is 0 Å². The van der Waals surface area contributed by atoms with E-state index in [2.05, 4.69) is 0 Å². The Morgan fingerprint density at radius 3 is 2.17 bits per heavy atom. The van der Waals surface area contributed by atoms with Crippen LogP contribution in [-0.4, -0.2) is 67.5 Å². The number of hydrogen-bond donors (Lipinski definition) is 0. The van der Waals surface area contributed by atoms with Crippen LogP contribution in [0.25, 0.3) is 0 Å². The number of carbonyl (C=O) groups is 1. The van der Waals surface area contributed by atoms with Gasteiger partial charge in [0.2, 0.25) is 10.0 Å². The standard InChI is InChI=1S/C16H25N3O4S/c1-12-14(16(20)18-6-4-5-7-18)15(13(2)17(12)3)24(21,22)19-8-10-23-11-9-19/h4-11H2,1-3H3. The van der Waals surface area contributed by atoms with Crippen molar-refractivity contribution in [1.82, 2.24) is 13.8 Å². The predicted octanol–water partition coefficient (Wildman–Crippen LogP) is 0.899. The van der Waals surface area contributed by atoms with E-state index in [4.69, 9.17) is 4.74 Å². The molecule has 7 nitrogen and oxygen atoms in total. The van der Waals surface area contributed by atoms with Crippen LogP contribution in [-0.2, 0) is 21.8 Å². The Labute approximate surface area is 143 Å². The third kappa shape index (κ3) is 2.76. The maximum absolute atomic E-state index is 13.2. The van der Waals surface area contributed by atoms with Gasteiger partial charge < -0.3 is 14.2 Å². The van der Waals surface area contributed by atoms with Crippen LogP contribution in [0.3, 0.4) is 0 Å². The maximum Gasteiger partial charge on any atom is 0.257 e. The summed E-state index contributed by atoms with van der Waals surface area (Å²) < 4.78 is 34.9. The van der Waals surface area contributed by atoms with Crippen LogP contribution in [0.2, 0.25) is 0 Å². The lowest BCUT2D eigenvalue weighted by atomic mass is 10.2. The number of aromatic nitrogens is 1. The lowest BCUT2D eigenvalue weighted by Gasteiger charge is -2.27. The molecule has 2 aliphatic rings. The fourth-order valence-corrected chi connectivity index (χ4v) is 5.37. The molecule has 24 heavy (non-hydrogen) atoms. The molecule has 0 aliphatic carbocycles. The molecule has 0 radical (unpaired) electrons. The molecule has 0 atom stereocenters. The van der Waals surface area contributed by atoms with Crippen molar-refractivity contribution in [3.63, 3.8) is 0 Å². The fraction of sp³-hybridized carbons (Fsp3) is 0.688. The quantitative estimate of drug-likeness (QED) is 0.808. The van der Waals surface area contributed by atoms with Crippen molar-refractivity contribution in [3.8, 4) is 0 Å². The average molecular weight is 355 g/mol. The van der Waals surface area contributed by atoms with E-state index < -0.39 is 10.0 Å². The van der Waals surface area contributed by atoms with E-state index in [1.54, 1.807) is 16.4 Å². The first kappa shape index (κ1) is 17.4. The Morgan fingerprint density at radius 1 is 1.00 bits per heavy atom. The van der Waals surface area contributed by atoms with Gasteiger partial charge in [0.1, 0.15) is 4.90 Å². The monoisotopic (exact) mass is 355 g/mol. The summed E-state index contributed by atoms with van der Waals surface area (Å²) >= 11 is 0. The lowest BCUT2D eigenvalue weighted by molar-refractivity contribution is 0.0728. The first-order valence-electron chi connectivity index (χ1n) is 8.38. The fourth-order valence-electron chi connectivity index (χ4n) is 3.48. The van der Waals surface area contributed by atoms with Gasteiger partial charge in [-0.1, -0.05) is 0 Å². The van der Waals surface area contributed by atoms with Crippen molar-refractivity contribution in [1.29, 1.82) is 0 Å². The number of ether oxygens (including phenoxy) is 1. The van der Waals surface area contributed by atoms with Crippen molar-refractivity contribution in [2.45, 2.75) is 31.6 Å². The zero-order chi connectivity index (χ0) is 17.5. The van der Waals surface area contributed by atoms with Crippen LogP contribution in [0, 0.1) is 13.8 Å². The molecule has 8 heteroatoms. The highest BCUT2D eigenvalue weighted by molar-refractivity contribution is 7.89. The summed E-state index contributed by atoms with van der Waals surface area (Å²) in [6, 6.07) is 0. The van der Waals surface area contributed by atoms with Gasteiger partial charge in [-0.2, -0.15) is 4.31 Å². The molecule has 0 spiro atoms. The number of carbonyl (C=O) groups excluding carboxylic acids is 1. The largest absolute Gasteiger partial charge is 0.379 e. The molecular weight excluding hydrogens is 330 g/mol. The number of hydrogen-bond acceptors (Lipinski definition) is 4. The lowest BCUT2D eigenvalue weighted by Crippen LogP contribution is -2.41. The molecule has 2 fully saturated rings. The van der Waals surface area contributed by atoms with Crippen LogP contribution >= 0.6 is 0 Å². The topological polar surface area (TPSA) is 71.8 Å². The molecule has 0 aromatic carbocycles. The molecule has 2 saturated heterocycles. The first-order chi connectivity index (χ1) is 11.4. The summed E-state index contributed by atoms with van der Waals surface area (Å²) in [4.78, 5) is 14.9. The Morgan fingerprint density at radius 2 is 1.58 bits per heavy atom. The van der Waals surface area contributed by atoms with E-state index in [1.807, 2.05) is 14.0 Å². The van der Waals surface area contributed by atoms with Crippen LogP contribution in [0.4, 0.5) is 0 Å². The third-order valence-electron chi connectivity index (χ3n) is 5.10. The molecule has 0 saturated carbocycles. The second-order valence-corrected chi connectivity index (χ2v) is 8.32. The molecule has 1 aromatic heterocycles. The van der Waals surface area contributed by atoms with Gasteiger partial charge in [-0.05, 0) is 26.7 Å². The van der Waals surface area contributed by atoms with Gasteiger partial charge in [0.05, 0.1) is 18.8 Å². The molecule has 0 N–H and O–H groups in total. The van der Waals surface area contributed by atoms with Crippen molar-refractivity contribution in [2.75, 3.05) is 39.4 Å². The zero-order valence-corrected chi connectivity index (χ0v) is 15.4. The Balaban J connectivity index is 2.09. The second kappa shape index (κ2) is 6.50. The summed E-state index contributed by atoms with van der Waals surface area (Å²) in [5, 5.41) is 0. The molecule has 0 bridgehead atoms. The van der Waals surface area contributed by atoms with Crippen LogP contribution in [0.1, 0.15) is 34.6 Å². The molecule has 2 aliphatic heterocycles. The third-order valence-corrected chi connectivity index (χ3v) is 7.16. The van der Waals surface area contributed by atoms with Crippen molar-refractivity contribution in [3.05, 3.63) is 17.0 Å². The minimum absolute atomic E-state index is 0.166. The van der Waals surface area contributed by atoms with Crippen molar-refractivity contribution >= 4 is 15.9 Å². The van der Waals surface area contributed by atoms with E-state index >= 15 is 0 Å². The molecule has 1 aromatic rings. The molecule has 134 valence electrons. The van der Waals surface area contributed by atoms with Gasteiger partial charge in [0.25, 0.3) is 5.91 Å². The van der Waals surface area contributed by atoms with Crippen LogP contribution in [0.5, 0.6) is 0 Å². The van der Waals surface area contributed by atoms with E-state index in [9.17, 15) is 13.2 Å². The highest BCUT2D eigenvalue weighted by Crippen LogP contribution is 2.31. The summed E-state index contributed by atoms with van der Waals surface area (Å²) in [6.07, 6.45) is 1.95. The van der Waals surface area contributed by atoms with Crippen LogP contribution in [0.15, 0.2) is 4.90 Å². The number of morpholine rings is 1. The molecule has 0 unspecified atom stereocenters. The van der Waals surface area contributed by atoms with E-state index in [-0.39, 0.29) is 10.8 Å². The highest BCUT2D eigenvalue weighted by Gasteiger charge is 2.37. The summed E-state index contributed by atoms with van der Waals surface area (Å²) in [7, 11) is -1.91. The van der Waals surface area contributed by atoms with E-state index in [1.165, 1.54) is 4.31 Å². The summed E-state index contributed by atoms with van der Waals surface area (Å²) in [6.45, 7) is 6.40. The predicted molar refractivity (Wildman–Crippen MR) is 89.6 cm³/mol. The zero-order valence-electron chi connectivity index (χ0n) is 14.5. The van der Waals surface area contributed by atoms with Gasteiger partial charge in [0.15, 0.2) is 0 Å². The number of nitrogens with zero attached hydrogens (tertiary/aromatic N) is 3. The molecule has 1 amide bonds. The summed E-state index contributed by atoms with van der Waals surface area (Å²) in [5.41, 5.74) is 1.65. The Bertz CT molecular complexity index is 742. The number of sulfonamides is 1. The Hall–Kier alpha value is -1.38. The number of likely N-dealkylation sites (tertiary alicyclic amines) is 1. The highest BCUT2D eigenvalue weighted by atomic mass is 32.2. The summed E-state index contributed by atoms with van der Waals surface area (Å²) in [5.74, 6) is -0.166. The SMILES string of the molecule is Cc1c(C(=O)N2CCCC2)c(S(=O)(=O)N2CCOCC2)c(C)n1C. The van der Waals surface area contributed by atoms with E-state index in [0.717, 1.165) is 12.8 Å². The first-order valence-corrected chi connectivity index (χ1v) is 9.82. The Kier molecular flexibility index (Phi) is 4.72. The van der Waals surface area contributed by atoms with Gasteiger partial charge in [-0.15, -0.1) is 0 Å². The normalized spacial score (nSPS) is 19.9. The number of amides is 1. The minimum Gasteiger partial charge on any atom is -0.379 e. The minimum atomic E-state index is -3.71. The van der Waals surface area contributed by atoms with Crippen molar-refractivity contribution in [2.24, 2.45) is 7.05 Å². The molecule has 3 rings (SSSR count). The van der Waals surface area contributed by atoms with Crippen molar-refractivity contribution < 1.29 is 17.9 Å². The average Bonchev–Trinajstić information content (AvgIpc) is 3.18. The van der Waals surface area contributed by atoms with Gasteiger partial charge in [-0.3, -0.25) is 4.79 Å². The van der Waals surface area contributed by atoms with Crippen LogP contribution < -0.4 is 0 Å². The maximum atomic E-state index is 13.2. The molecular formula is C16H25N3O4S. The van der Waals surface area contributed by atoms with Gasteiger partial charge in [0, 0.05) is 44.6 Å². The molecule has 3 heterocycles. The second-order valence-electron chi connectivity index (χ2n) is 6.45. The van der Waals surface area contributed by atoms with Gasteiger partial charge in [-0.25, -0.2) is 8.42 Å².